The Morgan fingerprint density at radius 1 is 0.914 bits per heavy atom. The van der Waals surface area contributed by atoms with Crippen LogP contribution in [0.3, 0.4) is 0 Å². The fourth-order valence-corrected chi connectivity index (χ4v) is 5.37. The Morgan fingerprint density at radius 2 is 1.60 bits per heavy atom. The number of nitrogens with one attached hydrogen (secondary N) is 3. The average molecular weight is 470 g/mol. The lowest BCUT2D eigenvalue weighted by molar-refractivity contribution is 0.247. The second kappa shape index (κ2) is 11.4. The number of nitrogens with zero attached hydrogens (tertiary/aromatic N) is 2. The Balaban J connectivity index is 1.15. The van der Waals surface area contributed by atoms with E-state index < -0.39 is 0 Å². The molecule has 1 aromatic heterocycles. The summed E-state index contributed by atoms with van der Waals surface area (Å²) in [7, 11) is 0. The van der Waals surface area contributed by atoms with E-state index in [1.807, 2.05) is 12.1 Å². The lowest BCUT2D eigenvalue weighted by atomic mass is 9.91. The van der Waals surface area contributed by atoms with Crippen LogP contribution in [0.1, 0.15) is 49.1 Å². The van der Waals surface area contributed by atoms with Crippen molar-refractivity contribution in [1.82, 2.24) is 15.2 Å². The second-order valence-corrected chi connectivity index (χ2v) is 9.77. The summed E-state index contributed by atoms with van der Waals surface area (Å²) in [5, 5.41) is 9.65. The molecule has 2 heterocycles. The average Bonchev–Trinajstić information content (AvgIpc) is 3.56. The number of anilines is 2. The van der Waals surface area contributed by atoms with Crippen molar-refractivity contribution in [2.45, 2.75) is 50.1 Å². The third-order valence-electron chi connectivity index (χ3n) is 7.18. The van der Waals surface area contributed by atoms with E-state index in [4.69, 9.17) is 0 Å². The molecule has 0 bridgehead atoms. The fraction of sp³-hybridized carbons (Fsp3) is 0.379. The molecule has 35 heavy (non-hydrogen) atoms. The number of urea groups is 1. The highest BCUT2D eigenvalue weighted by molar-refractivity contribution is 5.89. The maximum absolute atomic E-state index is 12.7. The summed E-state index contributed by atoms with van der Waals surface area (Å²) in [6.07, 6.45) is 7.62. The van der Waals surface area contributed by atoms with Crippen LogP contribution in [0, 0.1) is 0 Å². The molecule has 2 aromatic carbocycles. The minimum atomic E-state index is -0.155. The van der Waals surface area contributed by atoms with E-state index in [0.717, 1.165) is 37.6 Å². The summed E-state index contributed by atoms with van der Waals surface area (Å²) in [6, 6.07) is 25.6. The summed E-state index contributed by atoms with van der Waals surface area (Å²) >= 11 is 0. The molecule has 1 saturated carbocycles. The molecular weight excluding hydrogens is 434 g/mol. The van der Waals surface area contributed by atoms with Crippen molar-refractivity contribution < 1.29 is 4.79 Å². The molecule has 182 valence electrons. The number of aromatic nitrogens is 1. The van der Waals surface area contributed by atoms with Crippen molar-refractivity contribution in [3.63, 3.8) is 0 Å². The number of amides is 2. The number of hydrogen-bond donors (Lipinski definition) is 3. The number of pyridine rings is 1. The molecule has 2 fully saturated rings. The summed E-state index contributed by atoms with van der Waals surface area (Å²) in [6.45, 7) is 2.77. The van der Waals surface area contributed by atoms with Gasteiger partial charge in [0.15, 0.2) is 0 Å². The standard InChI is InChI=1S/C29H35N5O/c35-29(32-25-15-17-30-28(19-25)31-24-13-7-8-14-24)33-26-16-18-34(20-26)21-27(22-9-3-1-4-10-22)23-11-5-2-6-12-23/h1-6,9-12,15,17,19,24,26-27H,7-8,13-14,16,18,20-21H2,(H3,30,31,32,33,35)/t26-/m0/s1. The van der Waals surface area contributed by atoms with Gasteiger partial charge in [0.2, 0.25) is 0 Å². The van der Waals surface area contributed by atoms with Gasteiger partial charge >= 0.3 is 6.03 Å². The van der Waals surface area contributed by atoms with Crippen LogP contribution in [0.5, 0.6) is 0 Å². The molecule has 3 N–H and O–H groups in total. The fourth-order valence-electron chi connectivity index (χ4n) is 5.37. The van der Waals surface area contributed by atoms with Crippen LogP contribution >= 0.6 is 0 Å². The van der Waals surface area contributed by atoms with Gasteiger partial charge in [0.25, 0.3) is 0 Å². The number of likely N-dealkylation sites (tertiary alicyclic amines) is 1. The Kier molecular flexibility index (Phi) is 7.59. The van der Waals surface area contributed by atoms with Gasteiger partial charge in [-0.2, -0.15) is 0 Å². The molecule has 1 aliphatic heterocycles. The topological polar surface area (TPSA) is 69.3 Å². The smallest absolute Gasteiger partial charge is 0.319 e. The van der Waals surface area contributed by atoms with Crippen molar-refractivity contribution in [1.29, 1.82) is 0 Å². The van der Waals surface area contributed by atoms with Crippen molar-refractivity contribution in [2.24, 2.45) is 0 Å². The van der Waals surface area contributed by atoms with Gasteiger partial charge in [0, 0.05) is 55.6 Å². The summed E-state index contributed by atoms with van der Waals surface area (Å²) < 4.78 is 0. The van der Waals surface area contributed by atoms with Crippen LogP contribution in [0.15, 0.2) is 79.0 Å². The molecule has 0 spiro atoms. The molecule has 1 atom stereocenters. The molecule has 0 radical (unpaired) electrons. The van der Waals surface area contributed by atoms with Crippen molar-refractivity contribution in [3.8, 4) is 0 Å². The predicted molar refractivity (Wildman–Crippen MR) is 142 cm³/mol. The normalized spacial score (nSPS) is 18.6. The van der Waals surface area contributed by atoms with E-state index in [1.165, 1.54) is 36.8 Å². The van der Waals surface area contributed by atoms with Gasteiger partial charge < -0.3 is 20.9 Å². The number of carbonyl (C=O) groups excluding carboxylic acids is 1. The summed E-state index contributed by atoms with van der Waals surface area (Å²) in [5.41, 5.74) is 3.42. The van der Waals surface area contributed by atoms with Crippen LogP contribution in [0.4, 0.5) is 16.3 Å². The highest BCUT2D eigenvalue weighted by Crippen LogP contribution is 2.27. The molecule has 2 aliphatic rings. The molecule has 1 saturated heterocycles. The highest BCUT2D eigenvalue weighted by atomic mass is 16.2. The van der Waals surface area contributed by atoms with Crippen molar-refractivity contribution in [2.75, 3.05) is 30.3 Å². The van der Waals surface area contributed by atoms with E-state index in [1.54, 1.807) is 6.20 Å². The van der Waals surface area contributed by atoms with Gasteiger partial charge in [-0.3, -0.25) is 0 Å². The lowest BCUT2D eigenvalue weighted by Gasteiger charge is -2.25. The number of benzene rings is 2. The molecule has 6 nitrogen and oxygen atoms in total. The van der Waals surface area contributed by atoms with Crippen LogP contribution in [0.2, 0.25) is 0 Å². The largest absolute Gasteiger partial charge is 0.367 e. The van der Waals surface area contributed by atoms with Gasteiger partial charge in [0.05, 0.1) is 0 Å². The first kappa shape index (κ1) is 23.4. The molecule has 1 aliphatic carbocycles. The Bertz CT molecular complexity index is 1040. The predicted octanol–water partition coefficient (Wildman–Crippen LogP) is 5.46. The second-order valence-electron chi connectivity index (χ2n) is 9.77. The maximum Gasteiger partial charge on any atom is 0.319 e. The zero-order chi connectivity index (χ0) is 23.9. The monoisotopic (exact) mass is 469 g/mol. The number of rotatable bonds is 8. The van der Waals surface area contributed by atoms with Gasteiger partial charge in [0.1, 0.15) is 5.82 Å². The van der Waals surface area contributed by atoms with Crippen LogP contribution in [-0.4, -0.2) is 47.6 Å². The Hall–Kier alpha value is -3.38. The first-order valence-electron chi connectivity index (χ1n) is 12.9. The number of hydrogen-bond acceptors (Lipinski definition) is 4. The third kappa shape index (κ3) is 6.40. The first-order chi connectivity index (χ1) is 17.2. The Labute approximate surface area is 208 Å². The van der Waals surface area contributed by atoms with Crippen LogP contribution < -0.4 is 16.0 Å². The SMILES string of the molecule is O=C(Nc1ccnc(NC2CCCC2)c1)N[C@H]1CCN(CC(c2ccccc2)c2ccccc2)C1. The lowest BCUT2D eigenvalue weighted by Crippen LogP contribution is -2.40. The molecule has 0 unspecified atom stereocenters. The zero-order valence-corrected chi connectivity index (χ0v) is 20.2. The maximum atomic E-state index is 12.7. The third-order valence-corrected chi connectivity index (χ3v) is 7.18. The van der Waals surface area contributed by atoms with E-state index in [0.29, 0.717) is 12.0 Å². The molecule has 5 rings (SSSR count). The van der Waals surface area contributed by atoms with Gasteiger partial charge in [-0.15, -0.1) is 0 Å². The van der Waals surface area contributed by atoms with Crippen LogP contribution in [0.25, 0.3) is 0 Å². The molecule has 2 amide bonds. The molecule has 3 aromatic rings. The highest BCUT2D eigenvalue weighted by Gasteiger charge is 2.27. The zero-order valence-electron chi connectivity index (χ0n) is 20.2. The Morgan fingerprint density at radius 3 is 2.29 bits per heavy atom. The van der Waals surface area contributed by atoms with E-state index >= 15 is 0 Å². The summed E-state index contributed by atoms with van der Waals surface area (Å²) in [4.78, 5) is 19.6. The minimum Gasteiger partial charge on any atom is -0.367 e. The van der Waals surface area contributed by atoms with Crippen molar-refractivity contribution >= 4 is 17.5 Å². The summed E-state index contributed by atoms with van der Waals surface area (Å²) in [5.74, 6) is 1.14. The quantitative estimate of drug-likeness (QED) is 0.410. The molecule has 6 heteroatoms. The van der Waals surface area contributed by atoms with Crippen molar-refractivity contribution in [3.05, 3.63) is 90.1 Å². The van der Waals surface area contributed by atoms with Gasteiger partial charge in [-0.25, -0.2) is 9.78 Å². The van der Waals surface area contributed by atoms with Gasteiger partial charge in [-0.05, 0) is 36.5 Å². The first-order valence-corrected chi connectivity index (χ1v) is 12.9. The van der Waals surface area contributed by atoms with Crippen LogP contribution in [-0.2, 0) is 0 Å². The minimum absolute atomic E-state index is 0.139. The molecular formula is C29H35N5O. The van der Waals surface area contributed by atoms with E-state index in [-0.39, 0.29) is 12.1 Å². The van der Waals surface area contributed by atoms with Gasteiger partial charge in [-0.1, -0.05) is 73.5 Å². The number of carbonyl (C=O) groups is 1. The van der Waals surface area contributed by atoms with E-state index in [9.17, 15) is 4.79 Å². The van der Waals surface area contributed by atoms with E-state index in [2.05, 4.69) is 86.5 Å².